The zero-order valence-corrected chi connectivity index (χ0v) is 6.33. The van der Waals surface area contributed by atoms with Crippen molar-refractivity contribution in [2.75, 3.05) is 0 Å². The Morgan fingerprint density at radius 1 is 1.36 bits per heavy atom. The van der Waals surface area contributed by atoms with Gasteiger partial charge in [-0.1, -0.05) is 0 Å². The SMILES string of the molecule is NCc1ncc(C2CC2)cn1. The molecule has 0 bridgehead atoms. The second kappa shape index (κ2) is 2.58. The highest BCUT2D eigenvalue weighted by Gasteiger charge is 2.23. The summed E-state index contributed by atoms with van der Waals surface area (Å²) in [4.78, 5) is 8.24. The third-order valence-electron chi connectivity index (χ3n) is 1.96. The molecular formula is C8H11N3. The minimum Gasteiger partial charge on any atom is -0.324 e. The van der Waals surface area contributed by atoms with Gasteiger partial charge in [-0.3, -0.25) is 0 Å². The van der Waals surface area contributed by atoms with Gasteiger partial charge in [0.1, 0.15) is 5.82 Å². The summed E-state index contributed by atoms with van der Waals surface area (Å²) < 4.78 is 0. The molecular weight excluding hydrogens is 138 g/mol. The van der Waals surface area contributed by atoms with Crippen molar-refractivity contribution < 1.29 is 0 Å². The normalized spacial score (nSPS) is 16.8. The Morgan fingerprint density at radius 2 is 2.00 bits per heavy atom. The number of rotatable bonds is 2. The first kappa shape index (κ1) is 6.73. The van der Waals surface area contributed by atoms with Crippen molar-refractivity contribution in [3.05, 3.63) is 23.8 Å². The first-order valence-corrected chi connectivity index (χ1v) is 3.91. The third kappa shape index (κ3) is 1.38. The highest BCUT2D eigenvalue weighted by Crippen LogP contribution is 2.39. The van der Waals surface area contributed by atoms with Crippen LogP contribution < -0.4 is 5.73 Å². The molecule has 1 heterocycles. The molecule has 3 nitrogen and oxygen atoms in total. The Balaban J connectivity index is 2.19. The van der Waals surface area contributed by atoms with Crippen LogP contribution in [0.1, 0.15) is 30.1 Å². The van der Waals surface area contributed by atoms with Gasteiger partial charge >= 0.3 is 0 Å². The van der Waals surface area contributed by atoms with E-state index in [1.165, 1.54) is 18.4 Å². The standard InChI is InChI=1S/C8H11N3/c9-3-8-10-4-7(5-11-8)6-1-2-6/h4-6H,1-3,9H2. The molecule has 11 heavy (non-hydrogen) atoms. The fraction of sp³-hybridized carbons (Fsp3) is 0.500. The predicted octanol–water partition coefficient (Wildman–Crippen LogP) is 0.813. The van der Waals surface area contributed by atoms with E-state index in [-0.39, 0.29) is 0 Å². The fourth-order valence-corrected chi connectivity index (χ4v) is 1.10. The summed E-state index contributed by atoms with van der Waals surface area (Å²) in [6.07, 6.45) is 6.39. The highest BCUT2D eigenvalue weighted by molar-refractivity contribution is 5.16. The summed E-state index contributed by atoms with van der Waals surface area (Å²) in [5.74, 6) is 1.47. The molecule has 1 fully saturated rings. The summed E-state index contributed by atoms with van der Waals surface area (Å²) in [5.41, 5.74) is 6.63. The van der Waals surface area contributed by atoms with Crippen molar-refractivity contribution in [2.24, 2.45) is 5.73 Å². The van der Waals surface area contributed by atoms with E-state index in [9.17, 15) is 0 Å². The first-order chi connectivity index (χ1) is 5.40. The lowest BCUT2D eigenvalue weighted by Gasteiger charge is -1.97. The molecule has 0 saturated heterocycles. The van der Waals surface area contributed by atoms with Crippen LogP contribution in [0.5, 0.6) is 0 Å². The summed E-state index contributed by atoms with van der Waals surface area (Å²) in [6, 6.07) is 0. The van der Waals surface area contributed by atoms with Crippen LogP contribution in [0.3, 0.4) is 0 Å². The minimum absolute atomic E-state index is 0.435. The van der Waals surface area contributed by atoms with E-state index in [0.29, 0.717) is 6.54 Å². The molecule has 1 aromatic rings. The van der Waals surface area contributed by atoms with Gasteiger partial charge in [0.2, 0.25) is 0 Å². The Bertz CT molecular complexity index is 238. The average molecular weight is 149 g/mol. The summed E-state index contributed by atoms with van der Waals surface area (Å²) >= 11 is 0. The summed E-state index contributed by atoms with van der Waals surface area (Å²) in [5, 5.41) is 0. The maximum Gasteiger partial charge on any atom is 0.141 e. The largest absolute Gasteiger partial charge is 0.324 e. The minimum atomic E-state index is 0.435. The third-order valence-corrected chi connectivity index (χ3v) is 1.96. The van der Waals surface area contributed by atoms with E-state index in [1.807, 2.05) is 12.4 Å². The summed E-state index contributed by atoms with van der Waals surface area (Å²) in [6.45, 7) is 0.435. The van der Waals surface area contributed by atoms with Crippen molar-refractivity contribution in [1.29, 1.82) is 0 Å². The molecule has 1 aliphatic rings. The molecule has 2 rings (SSSR count). The summed E-state index contributed by atoms with van der Waals surface area (Å²) in [7, 11) is 0. The second-order valence-corrected chi connectivity index (χ2v) is 2.91. The number of nitrogens with two attached hydrogens (primary N) is 1. The molecule has 0 spiro atoms. The van der Waals surface area contributed by atoms with Crippen LogP contribution in [0.4, 0.5) is 0 Å². The maximum absolute atomic E-state index is 5.37. The van der Waals surface area contributed by atoms with Gasteiger partial charge in [0.15, 0.2) is 0 Å². The molecule has 2 N–H and O–H groups in total. The predicted molar refractivity (Wildman–Crippen MR) is 41.9 cm³/mol. The number of hydrogen-bond donors (Lipinski definition) is 1. The van der Waals surface area contributed by atoms with Gasteiger partial charge in [-0.25, -0.2) is 9.97 Å². The van der Waals surface area contributed by atoms with Gasteiger partial charge in [-0.2, -0.15) is 0 Å². The van der Waals surface area contributed by atoms with Gasteiger partial charge in [0, 0.05) is 12.4 Å². The number of nitrogens with zero attached hydrogens (tertiary/aromatic N) is 2. The van der Waals surface area contributed by atoms with E-state index in [2.05, 4.69) is 9.97 Å². The molecule has 0 radical (unpaired) electrons. The van der Waals surface area contributed by atoms with E-state index in [1.54, 1.807) is 0 Å². The van der Waals surface area contributed by atoms with Crippen LogP contribution in [0.25, 0.3) is 0 Å². The zero-order valence-electron chi connectivity index (χ0n) is 6.33. The zero-order chi connectivity index (χ0) is 7.68. The monoisotopic (exact) mass is 149 g/mol. The maximum atomic E-state index is 5.37. The smallest absolute Gasteiger partial charge is 0.141 e. The topological polar surface area (TPSA) is 51.8 Å². The van der Waals surface area contributed by atoms with E-state index in [0.717, 1.165) is 11.7 Å². The Kier molecular flexibility index (Phi) is 1.58. The van der Waals surface area contributed by atoms with Crippen LogP contribution in [0.15, 0.2) is 12.4 Å². The van der Waals surface area contributed by atoms with Crippen LogP contribution >= 0.6 is 0 Å². The van der Waals surface area contributed by atoms with Gasteiger partial charge in [-0.05, 0) is 24.3 Å². The molecule has 58 valence electrons. The molecule has 1 aromatic heterocycles. The lowest BCUT2D eigenvalue weighted by molar-refractivity contribution is 0.887. The fourth-order valence-electron chi connectivity index (χ4n) is 1.10. The molecule has 0 aromatic carbocycles. The van der Waals surface area contributed by atoms with Crippen LogP contribution in [-0.4, -0.2) is 9.97 Å². The molecule has 0 amide bonds. The highest BCUT2D eigenvalue weighted by atomic mass is 14.9. The van der Waals surface area contributed by atoms with Gasteiger partial charge in [-0.15, -0.1) is 0 Å². The molecule has 0 aliphatic heterocycles. The van der Waals surface area contributed by atoms with Crippen LogP contribution in [0, 0.1) is 0 Å². The van der Waals surface area contributed by atoms with Crippen molar-refractivity contribution in [1.82, 2.24) is 9.97 Å². The Hall–Kier alpha value is -0.960. The van der Waals surface area contributed by atoms with Crippen molar-refractivity contribution in [3.8, 4) is 0 Å². The lowest BCUT2D eigenvalue weighted by atomic mass is 10.2. The lowest BCUT2D eigenvalue weighted by Crippen LogP contribution is -2.02. The molecule has 1 saturated carbocycles. The van der Waals surface area contributed by atoms with Gasteiger partial charge in [0.05, 0.1) is 6.54 Å². The van der Waals surface area contributed by atoms with Gasteiger partial charge in [0.25, 0.3) is 0 Å². The van der Waals surface area contributed by atoms with Crippen molar-refractivity contribution in [2.45, 2.75) is 25.3 Å². The number of aromatic nitrogens is 2. The molecule has 3 heteroatoms. The number of hydrogen-bond acceptors (Lipinski definition) is 3. The van der Waals surface area contributed by atoms with Gasteiger partial charge < -0.3 is 5.73 Å². The quantitative estimate of drug-likeness (QED) is 0.677. The van der Waals surface area contributed by atoms with Crippen LogP contribution in [-0.2, 0) is 6.54 Å². The molecule has 0 unspecified atom stereocenters. The van der Waals surface area contributed by atoms with Crippen molar-refractivity contribution in [3.63, 3.8) is 0 Å². The van der Waals surface area contributed by atoms with E-state index < -0.39 is 0 Å². The Labute approximate surface area is 65.7 Å². The molecule has 0 atom stereocenters. The second-order valence-electron chi connectivity index (χ2n) is 2.91. The van der Waals surface area contributed by atoms with E-state index in [4.69, 9.17) is 5.73 Å². The first-order valence-electron chi connectivity index (χ1n) is 3.91. The Morgan fingerprint density at radius 3 is 2.45 bits per heavy atom. The molecule has 1 aliphatic carbocycles. The van der Waals surface area contributed by atoms with E-state index >= 15 is 0 Å². The van der Waals surface area contributed by atoms with Crippen LogP contribution in [0.2, 0.25) is 0 Å². The van der Waals surface area contributed by atoms with Crippen molar-refractivity contribution >= 4 is 0 Å². The average Bonchev–Trinajstić information content (AvgIpc) is 2.87.